The van der Waals surface area contributed by atoms with E-state index in [0.717, 1.165) is 6.07 Å². The van der Waals surface area contributed by atoms with E-state index in [1.807, 2.05) is 4.90 Å². The van der Waals surface area contributed by atoms with Crippen molar-refractivity contribution in [1.29, 1.82) is 0 Å². The van der Waals surface area contributed by atoms with Crippen LogP contribution in [0.5, 0.6) is 0 Å². The van der Waals surface area contributed by atoms with E-state index in [2.05, 4.69) is 10.1 Å². The molecule has 1 fully saturated rings. The molecule has 3 rings (SSSR count). The maximum atomic E-state index is 13.8. The second-order valence-electron chi connectivity index (χ2n) is 5.34. The van der Waals surface area contributed by atoms with Crippen LogP contribution in [0.2, 0.25) is 0 Å². The maximum Gasteiger partial charge on any atom is 0.246 e. The third kappa shape index (κ3) is 3.41. The molecular formula is C14H17FN4O3S. The quantitative estimate of drug-likeness (QED) is 0.827. The lowest BCUT2D eigenvalue weighted by atomic mass is 10.3. The van der Waals surface area contributed by atoms with Crippen LogP contribution in [-0.4, -0.2) is 53.9 Å². The van der Waals surface area contributed by atoms with Gasteiger partial charge in [-0.2, -0.15) is 9.29 Å². The van der Waals surface area contributed by atoms with E-state index < -0.39 is 15.8 Å². The van der Waals surface area contributed by atoms with E-state index in [9.17, 15) is 12.8 Å². The van der Waals surface area contributed by atoms with Gasteiger partial charge in [-0.3, -0.25) is 4.90 Å². The number of hydrogen-bond acceptors (Lipinski definition) is 6. The lowest BCUT2D eigenvalue weighted by molar-refractivity contribution is 0.176. The van der Waals surface area contributed by atoms with Crippen molar-refractivity contribution in [3.05, 3.63) is 41.8 Å². The van der Waals surface area contributed by atoms with Crippen LogP contribution in [0.15, 0.2) is 33.7 Å². The smallest absolute Gasteiger partial charge is 0.246 e. The summed E-state index contributed by atoms with van der Waals surface area (Å²) in [5, 5.41) is 3.83. The number of nitrogens with zero attached hydrogens (tertiary/aromatic N) is 4. The summed E-state index contributed by atoms with van der Waals surface area (Å²) in [5.41, 5.74) is 0. The minimum atomic E-state index is -3.80. The summed E-state index contributed by atoms with van der Waals surface area (Å²) < 4.78 is 45.0. The first-order chi connectivity index (χ1) is 11.0. The van der Waals surface area contributed by atoms with Gasteiger partial charge in [0.1, 0.15) is 10.7 Å². The molecule has 23 heavy (non-hydrogen) atoms. The first-order valence-corrected chi connectivity index (χ1v) is 8.67. The van der Waals surface area contributed by atoms with Crippen LogP contribution < -0.4 is 0 Å². The molecule has 0 N–H and O–H groups in total. The second-order valence-corrected chi connectivity index (χ2v) is 7.25. The van der Waals surface area contributed by atoms with E-state index in [1.165, 1.54) is 22.5 Å². The van der Waals surface area contributed by atoms with Gasteiger partial charge in [-0.05, 0) is 12.1 Å². The van der Waals surface area contributed by atoms with Gasteiger partial charge in [0.15, 0.2) is 5.82 Å². The lowest BCUT2D eigenvalue weighted by Crippen LogP contribution is -2.48. The highest BCUT2D eigenvalue weighted by Crippen LogP contribution is 2.20. The first-order valence-electron chi connectivity index (χ1n) is 7.23. The average molecular weight is 340 g/mol. The van der Waals surface area contributed by atoms with Gasteiger partial charge in [-0.1, -0.05) is 17.3 Å². The minimum Gasteiger partial charge on any atom is -0.340 e. The Morgan fingerprint density at radius 1 is 1.22 bits per heavy atom. The molecule has 1 aromatic heterocycles. The topological polar surface area (TPSA) is 79.5 Å². The molecule has 1 aliphatic rings. The first kappa shape index (κ1) is 16.0. The molecule has 1 aromatic carbocycles. The summed E-state index contributed by atoms with van der Waals surface area (Å²) in [6.07, 6.45) is 0. The third-order valence-electron chi connectivity index (χ3n) is 3.72. The maximum absolute atomic E-state index is 13.8. The molecule has 2 heterocycles. The van der Waals surface area contributed by atoms with Crippen molar-refractivity contribution < 1.29 is 17.3 Å². The largest absolute Gasteiger partial charge is 0.340 e. The normalized spacial score (nSPS) is 17.5. The Morgan fingerprint density at radius 2 is 1.91 bits per heavy atom. The number of benzene rings is 1. The molecule has 9 heteroatoms. The number of hydrogen-bond donors (Lipinski definition) is 0. The number of sulfonamides is 1. The van der Waals surface area contributed by atoms with Crippen LogP contribution in [0.4, 0.5) is 4.39 Å². The number of halogens is 1. The zero-order chi connectivity index (χ0) is 16.4. The van der Waals surface area contributed by atoms with Crippen LogP contribution in [-0.2, 0) is 16.6 Å². The molecule has 1 aliphatic heterocycles. The van der Waals surface area contributed by atoms with Crippen molar-refractivity contribution >= 4 is 10.0 Å². The SMILES string of the molecule is Cc1nc(CN2CCN(S(=O)(=O)c3ccccc3F)CC2)no1. The molecule has 0 bridgehead atoms. The third-order valence-corrected chi connectivity index (χ3v) is 5.65. The fourth-order valence-electron chi connectivity index (χ4n) is 2.53. The predicted molar refractivity (Wildman–Crippen MR) is 79.5 cm³/mol. The van der Waals surface area contributed by atoms with Crippen molar-refractivity contribution in [3.8, 4) is 0 Å². The van der Waals surface area contributed by atoms with Crippen molar-refractivity contribution in [3.63, 3.8) is 0 Å². The van der Waals surface area contributed by atoms with E-state index >= 15 is 0 Å². The van der Waals surface area contributed by atoms with Gasteiger partial charge in [-0.25, -0.2) is 12.8 Å². The molecule has 1 saturated heterocycles. The Hall–Kier alpha value is -1.84. The Balaban J connectivity index is 1.65. The molecule has 0 atom stereocenters. The highest BCUT2D eigenvalue weighted by molar-refractivity contribution is 7.89. The molecule has 0 spiro atoms. The minimum absolute atomic E-state index is 0.276. The van der Waals surface area contributed by atoms with Gasteiger partial charge >= 0.3 is 0 Å². The van der Waals surface area contributed by atoms with Crippen molar-refractivity contribution in [2.45, 2.75) is 18.4 Å². The Labute approximate surface area is 133 Å². The van der Waals surface area contributed by atoms with Crippen LogP contribution in [0.3, 0.4) is 0 Å². The molecule has 0 radical (unpaired) electrons. The monoisotopic (exact) mass is 340 g/mol. The molecular weight excluding hydrogens is 323 g/mol. The van der Waals surface area contributed by atoms with Crippen LogP contribution in [0.25, 0.3) is 0 Å². The Bertz CT molecular complexity index is 785. The van der Waals surface area contributed by atoms with Crippen LogP contribution in [0.1, 0.15) is 11.7 Å². The average Bonchev–Trinajstić information content (AvgIpc) is 2.93. The number of rotatable bonds is 4. The summed E-state index contributed by atoms with van der Waals surface area (Å²) in [4.78, 5) is 5.89. The highest BCUT2D eigenvalue weighted by Gasteiger charge is 2.30. The number of piperazine rings is 1. The summed E-state index contributed by atoms with van der Waals surface area (Å²) in [6, 6.07) is 5.44. The molecule has 0 saturated carbocycles. The molecule has 0 unspecified atom stereocenters. The highest BCUT2D eigenvalue weighted by atomic mass is 32.2. The summed E-state index contributed by atoms with van der Waals surface area (Å²) in [5.74, 6) is 0.353. The molecule has 7 nitrogen and oxygen atoms in total. The Morgan fingerprint density at radius 3 is 2.52 bits per heavy atom. The van der Waals surface area contributed by atoms with E-state index in [1.54, 1.807) is 6.92 Å². The summed E-state index contributed by atoms with van der Waals surface area (Å²) in [6.45, 7) is 3.88. The van der Waals surface area contributed by atoms with Gasteiger partial charge in [0, 0.05) is 33.1 Å². The molecule has 2 aromatic rings. The van der Waals surface area contributed by atoms with Gasteiger partial charge < -0.3 is 4.52 Å². The van der Waals surface area contributed by atoms with Crippen molar-refractivity contribution in [2.24, 2.45) is 0 Å². The zero-order valence-corrected chi connectivity index (χ0v) is 13.5. The summed E-state index contributed by atoms with van der Waals surface area (Å²) >= 11 is 0. The second kappa shape index (κ2) is 6.34. The zero-order valence-electron chi connectivity index (χ0n) is 12.6. The van der Waals surface area contributed by atoms with Gasteiger partial charge in [0.2, 0.25) is 15.9 Å². The molecule has 0 aliphatic carbocycles. The van der Waals surface area contributed by atoms with E-state index in [0.29, 0.717) is 44.4 Å². The number of aryl methyl sites for hydroxylation is 1. The van der Waals surface area contributed by atoms with Crippen LogP contribution in [0, 0.1) is 12.7 Å². The lowest BCUT2D eigenvalue weighted by Gasteiger charge is -2.33. The van der Waals surface area contributed by atoms with Gasteiger partial charge in [-0.15, -0.1) is 0 Å². The van der Waals surface area contributed by atoms with E-state index in [4.69, 9.17) is 4.52 Å². The van der Waals surface area contributed by atoms with Crippen molar-refractivity contribution in [1.82, 2.24) is 19.3 Å². The predicted octanol–water partition coefficient (Wildman–Crippen LogP) is 1.02. The number of aromatic nitrogens is 2. The fourth-order valence-corrected chi connectivity index (χ4v) is 4.01. The molecule has 0 amide bonds. The van der Waals surface area contributed by atoms with Gasteiger partial charge in [0.25, 0.3) is 0 Å². The van der Waals surface area contributed by atoms with Crippen molar-refractivity contribution in [2.75, 3.05) is 26.2 Å². The van der Waals surface area contributed by atoms with E-state index in [-0.39, 0.29) is 4.90 Å². The summed E-state index contributed by atoms with van der Waals surface area (Å²) in [7, 11) is -3.80. The van der Waals surface area contributed by atoms with Crippen LogP contribution >= 0.6 is 0 Å². The standard InChI is InChI=1S/C14H17FN4O3S/c1-11-16-14(17-22-11)10-18-6-8-19(9-7-18)23(20,21)13-5-3-2-4-12(13)15/h2-5H,6-10H2,1H3. The fraction of sp³-hybridized carbons (Fsp3) is 0.429. The Kier molecular flexibility index (Phi) is 4.42. The molecule has 124 valence electrons. The van der Waals surface area contributed by atoms with Gasteiger partial charge in [0.05, 0.1) is 6.54 Å².